The summed E-state index contributed by atoms with van der Waals surface area (Å²) < 4.78 is 2.11. The van der Waals surface area contributed by atoms with Crippen molar-refractivity contribution in [3.8, 4) is 0 Å². The summed E-state index contributed by atoms with van der Waals surface area (Å²) in [6.07, 6.45) is 0. The van der Waals surface area contributed by atoms with Gasteiger partial charge in [-0.15, -0.1) is 11.3 Å². The number of fused-ring (bicyclic) bond motifs is 1. The number of nitrogen functional groups attached to an aromatic ring is 1. The summed E-state index contributed by atoms with van der Waals surface area (Å²) in [5.74, 6) is 0.0450. The van der Waals surface area contributed by atoms with Crippen molar-refractivity contribution in [1.29, 1.82) is 5.41 Å². The first kappa shape index (κ1) is 14.0. The molecule has 3 rings (SSSR count). The summed E-state index contributed by atoms with van der Waals surface area (Å²) in [7, 11) is 0. The second kappa shape index (κ2) is 5.46. The Morgan fingerprint density at radius 1 is 1.24 bits per heavy atom. The van der Waals surface area contributed by atoms with E-state index in [4.69, 9.17) is 11.1 Å². The maximum absolute atomic E-state index is 7.77. The van der Waals surface area contributed by atoms with Crippen molar-refractivity contribution in [2.45, 2.75) is 23.1 Å². The first-order valence-corrected chi connectivity index (χ1v) is 8.04. The smallest absolute Gasteiger partial charge is 0.155 e. The molecule has 1 aromatic carbocycles. The van der Waals surface area contributed by atoms with Crippen LogP contribution in [0.1, 0.15) is 17.0 Å². The highest BCUT2D eigenvalue weighted by atomic mass is 32.2. The fourth-order valence-electron chi connectivity index (χ4n) is 2.19. The molecule has 0 bridgehead atoms. The lowest BCUT2D eigenvalue weighted by molar-refractivity contribution is 1.07. The van der Waals surface area contributed by atoms with Crippen LogP contribution in [0, 0.1) is 19.3 Å². The van der Waals surface area contributed by atoms with Crippen LogP contribution in [0.2, 0.25) is 0 Å². The number of aryl methyl sites for hydroxylation is 2. The Hall–Kier alpha value is -1.92. The lowest BCUT2D eigenvalue weighted by Crippen LogP contribution is -2.15. The normalized spacial score (nSPS) is 11.0. The maximum Gasteiger partial charge on any atom is 0.155 e. The zero-order chi connectivity index (χ0) is 15.0. The van der Waals surface area contributed by atoms with Gasteiger partial charge in [-0.25, -0.2) is 4.98 Å². The maximum atomic E-state index is 7.77. The van der Waals surface area contributed by atoms with Crippen LogP contribution in [0.4, 0.5) is 0 Å². The SMILES string of the molecule is Cc1cc(Sc2nc3ccccc3s2)c(C(=N)N)c(C)n1. The molecule has 4 nitrogen and oxygen atoms in total. The van der Waals surface area contributed by atoms with Crippen LogP contribution in [0.25, 0.3) is 10.2 Å². The van der Waals surface area contributed by atoms with E-state index in [0.29, 0.717) is 5.56 Å². The Morgan fingerprint density at radius 2 is 2.00 bits per heavy atom. The van der Waals surface area contributed by atoms with Crippen molar-refractivity contribution < 1.29 is 0 Å². The van der Waals surface area contributed by atoms with E-state index in [0.717, 1.165) is 30.8 Å². The third-order valence-electron chi connectivity index (χ3n) is 3.03. The second-order valence-corrected chi connectivity index (χ2v) is 7.01. The van der Waals surface area contributed by atoms with Crippen molar-refractivity contribution in [3.05, 3.63) is 47.3 Å². The Balaban J connectivity index is 2.06. The number of aromatic nitrogens is 2. The van der Waals surface area contributed by atoms with Gasteiger partial charge in [0.2, 0.25) is 0 Å². The predicted molar refractivity (Wildman–Crippen MR) is 88.5 cm³/mol. The van der Waals surface area contributed by atoms with Crippen LogP contribution in [0.5, 0.6) is 0 Å². The molecule has 2 heterocycles. The third kappa shape index (κ3) is 2.77. The summed E-state index contributed by atoms with van der Waals surface area (Å²) in [5.41, 5.74) is 9.10. The van der Waals surface area contributed by atoms with E-state index < -0.39 is 0 Å². The molecule has 0 fully saturated rings. The Labute approximate surface area is 130 Å². The molecule has 106 valence electrons. The molecule has 0 atom stereocenters. The summed E-state index contributed by atoms with van der Waals surface area (Å²) in [6, 6.07) is 10.0. The van der Waals surface area contributed by atoms with Crippen molar-refractivity contribution in [3.63, 3.8) is 0 Å². The van der Waals surface area contributed by atoms with Gasteiger partial charge in [-0.1, -0.05) is 23.9 Å². The number of nitrogens with two attached hydrogens (primary N) is 1. The summed E-state index contributed by atoms with van der Waals surface area (Å²) >= 11 is 3.19. The number of hydrogen-bond donors (Lipinski definition) is 2. The topological polar surface area (TPSA) is 75.7 Å². The lowest BCUT2D eigenvalue weighted by atomic mass is 10.1. The minimum atomic E-state index is 0.0450. The van der Waals surface area contributed by atoms with Crippen molar-refractivity contribution in [2.24, 2.45) is 5.73 Å². The van der Waals surface area contributed by atoms with Gasteiger partial charge in [0.1, 0.15) is 5.84 Å². The van der Waals surface area contributed by atoms with E-state index in [-0.39, 0.29) is 5.84 Å². The molecule has 0 aliphatic rings. The highest BCUT2D eigenvalue weighted by Gasteiger charge is 2.14. The van der Waals surface area contributed by atoms with E-state index in [1.807, 2.05) is 38.1 Å². The van der Waals surface area contributed by atoms with E-state index in [1.165, 1.54) is 0 Å². The standard InChI is InChI=1S/C15H14N4S2/c1-8-7-12(13(14(16)17)9(2)18-8)21-15-19-10-5-3-4-6-11(10)20-15/h3-7H,1-2H3,(H3,16,17). The Bertz CT molecular complexity index is 806. The average molecular weight is 314 g/mol. The van der Waals surface area contributed by atoms with Crippen LogP contribution in [-0.4, -0.2) is 15.8 Å². The van der Waals surface area contributed by atoms with Crippen LogP contribution >= 0.6 is 23.1 Å². The Morgan fingerprint density at radius 3 is 2.71 bits per heavy atom. The molecule has 3 aromatic rings. The number of hydrogen-bond acceptors (Lipinski definition) is 5. The van der Waals surface area contributed by atoms with Gasteiger partial charge in [0.15, 0.2) is 4.34 Å². The molecular formula is C15H14N4S2. The van der Waals surface area contributed by atoms with Crippen molar-refractivity contribution >= 4 is 39.2 Å². The van der Waals surface area contributed by atoms with Gasteiger partial charge < -0.3 is 5.73 Å². The number of benzene rings is 1. The van der Waals surface area contributed by atoms with E-state index >= 15 is 0 Å². The summed E-state index contributed by atoms with van der Waals surface area (Å²) in [4.78, 5) is 9.94. The molecule has 0 aliphatic heterocycles. The number of thiazole rings is 1. The zero-order valence-corrected chi connectivity index (χ0v) is 13.3. The number of amidine groups is 1. The Kier molecular flexibility index (Phi) is 3.65. The van der Waals surface area contributed by atoms with Gasteiger partial charge in [-0.3, -0.25) is 10.4 Å². The van der Waals surface area contributed by atoms with Crippen molar-refractivity contribution in [1.82, 2.24) is 9.97 Å². The van der Waals surface area contributed by atoms with Gasteiger partial charge in [0.25, 0.3) is 0 Å². The van der Waals surface area contributed by atoms with Gasteiger partial charge in [-0.05, 0) is 32.0 Å². The fourth-order valence-corrected chi connectivity index (χ4v) is 4.51. The first-order chi connectivity index (χ1) is 10.0. The van der Waals surface area contributed by atoms with Gasteiger partial charge >= 0.3 is 0 Å². The third-order valence-corrected chi connectivity index (χ3v) is 5.17. The second-order valence-electron chi connectivity index (χ2n) is 4.69. The summed E-state index contributed by atoms with van der Waals surface area (Å²) in [6.45, 7) is 3.82. The van der Waals surface area contributed by atoms with Gasteiger partial charge in [-0.2, -0.15) is 0 Å². The molecule has 21 heavy (non-hydrogen) atoms. The number of rotatable bonds is 3. The lowest BCUT2D eigenvalue weighted by Gasteiger charge is -2.10. The molecule has 0 saturated carbocycles. The van der Waals surface area contributed by atoms with Crippen LogP contribution < -0.4 is 5.73 Å². The summed E-state index contributed by atoms with van der Waals surface area (Å²) in [5, 5.41) is 7.77. The number of nitrogens with zero attached hydrogens (tertiary/aromatic N) is 2. The number of para-hydroxylation sites is 1. The fraction of sp³-hybridized carbons (Fsp3) is 0.133. The van der Waals surface area contributed by atoms with E-state index in [2.05, 4.69) is 16.0 Å². The van der Waals surface area contributed by atoms with Crippen LogP contribution in [0.3, 0.4) is 0 Å². The zero-order valence-electron chi connectivity index (χ0n) is 11.7. The number of pyridine rings is 1. The molecule has 3 N–H and O–H groups in total. The minimum Gasteiger partial charge on any atom is -0.384 e. The molecule has 0 amide bonds. The predicted octanol–water partition coefficient (Wildman–Crippen LogP) is 3.74. The van der Waals surface area contributed by atoms with Crippen LogP contribution in [0.15, 0.2) is 39.6 Å². The van der Waals surface area contributed by atoms with Crippen molar-refractivity contribution in [2.75, 3.05) is 0 Å². The van der Waals surface area contributed by atoms with Crippen LogP contribution in [-0.2, 0) is 0 Å². The molecule has 0 spiro atoms. The largest absolute Gasteiger partial charge is 0.384 e. The minimum absolute atomic E-state index is 0.0450. The number of nitrogens with one attached hydrogen (secondary N) is 1. The molecule has 0 unspecified atom stereocenters. The highest BCUT2D eigenvalue weighted by molar-refractivity contribution is 8.01. The monoisotopic (exact) mass is 314 g/mol. The molecular weight excluding hydrogens is 300 g/mol. The quantitative estimate of drug-likeness (QED) is 0.570. The molecule has 0 saturated heterocycles. The van der Waals surface area contributed by atoms with E-state index in [1.54, 1.807) is 23.1 Å². The molecule has 6 heteroatoms. The van der Waals surface area contributed by atoms with E-state index in [9.17, 15) is 0 Å². The first-order valence-electron chi connectivity index (χ1n) is 6.40. The molecule has 2 aromatic heterocycles. The highest BCUT2D eigenvalue weighted by Crippen LogP contribution is 2.36. The molecule has 0 aliphatic carbocycles. The molecule has 0 radical (unpaired) electrons. The van der Waals surface area contributed by atoms with Gasteiger partial charge in [0.05, 0.1) is 15.8 Å². The average Bonchev–Trinajstić information content (AvgIpc) is 2.79. The van der Waals surface area contributed by atoms with Gasteiger partial charge in [0, 0.05) is 16.3 Å².